The van der Waals surface area contributed by atoms with Gasteiger partial charge in [0.2, 0.25) is 10.0 Å². The number of rotatable bonds is 4. The van der Waals surface area contributed by atoms with Crippen LogP contribution in [0.5, 0.6) is 0 Å². The Labute approximate surface area is 108 Å². The summed E-state index contributed by atoms with van der Waals surface area (Å²) in [7, 11) is -3.14. The predicted octanol–water partition coefficient (Wildman–Crippen LogP) is -0.0385. The highest BCUT2D eigenvalue weighted by molar-refractivity contribution is 7.89. The second-order valence-electron chi connectivity index (χ2n) is 4.45. The Morgan fingerprint density at radius 3 is 2.59 bits per heavy atom. The van der Waals surface area contributed by atoms with Crippen LogP contribution >= 0.6 is 11.6 Å². The molecule has 100 valence electrons. The van der Waals surface area contributed by atoms with Gasteiger partial charge in [0, 0.05) is 38.1 Å². The number of hydrogen-bond acceptors (Lipinski definition) is 4. The molecule has 2 saturated heterocycles. The third-order valence-corrected chi connectivity index (χ3v) is 5.67. The van der Waals surface area contributed by atoms with E-state index in [4.69, 9.17) is 16.3 Å². The molecule has 17 heavy (non-hydrogen) atoms. The van der Waals surface area contributed by atoms with Gasteiger partial charge in [-0.2, -0.15) is 0 Å². The fourth-order valence-electron chi connectivity index (χ4n) is 2.43. The van der Waals surface area contributed by atoms with Crippen molar-refractivity contribution < 1.29 is 13.2 Å². The van der Waals surface area contributed by atoms with E-state index in [9.17, 15) is 8.42 Å². The monoisotopic (exact) mass is 282 g/mol. The summed E-state index contributed by atoms with van der Waals surface area (Å²) in [6.45, 7) is 4.57. The fourth-order valence-corrected chi connectivity index (χ4v) is 4.25. The van der Waals surface area contributed by atoms with Gasteiger partial charge in [-0.05, 0) is 6.42 Å². The van der Waals surface area contributed by atoms with Crippen molar-refractivity contribution in [2.45, 2.75) is 12.5 Å². The van der Waals surface area contributed by atoms with Gasteiger partial charge in [0.15, 0.2) is 0 Å². The van der Waals surface area contributed by atoms with Gasteiger partial charge >= 0.3 is 0 Å². The summed E-state index contributed by atoms with van der Waals surface area (Å²) in [5.74, 6) is 0.214. The largest absolute Gasteiger partial charge is 0.379 e. The standard InChI is InChI=1S/C10H19ClN2O3S/c11-2-8-17(14,15)13-3-1-10(9-13)12-4-6-16-7-5-12/h10H,1-9H2. The lowest BCUT2D eigenvalue weighted by Gasteiger charge is -2.32. The molecule has 0 aromatic carbocycles. The summed E-state index contributed by atoms with van der Waals surface area (Å²) in [4.78, 5) is 2.33. The van der Waals surface area contributed by atoms with E-state index < -0.39 is 10.0 Å². The first-order valence-electron chi connectivity index (χ1n) is 5.99. The van der Waals surface area contributed by atoms with Crippen molar-refractivity contribution in [3.8, 4) is 0 Å². The fraction of sp³-hybridized carbons (Fsp3) is 1.00. The quantitative estimate of drug-likeness (QED) is 0.679. The van der Waals surface area contributed by atoms with Crippen molar-refractivity contribution in [3.05, 3.63) is 0 Å². The van der Waals surface area contributed by atoms with Crippen LogP contribution in [0.2, 0.25) is 0 Å². The molecule has 7 heteroatoms. The molecular formula is C10H19ClN2O3S. The van der Waals surface area contributed by atoms with Crippen LogP contribution in [0.25, 0.3) is 0 Å². The Bertz CT molecular complexity index is 343. The molecule has 0 radical (unpaired) electrons. The molecule has 0 aromatic heterocycles. The lowest BCUT2D eigenvalue weighted by atomic mass is 10.2. The highest BCUT2D eigenvalue weighted by Crippen LogP contribution is 2.19. The summed E-state index contributed by atoms with van der Waals surface area (Å²) in [6.07, 6.45) is 0.918. The van der Waals surface area contributed by atoms with Crippen molar-refractivity contribution >= 4 is 21.6 Å². The zero-order valence-electron chi connectivity index (χ0n) is 9.85. The van der Waals surface area contributed by atoms with Crippen molar-refractivity contribution in [1.29, 1.82) is 0 Å². The molecule has 2 aliphatic heterocycles. The molecular weight excluding hydrogens is 264 g/mol. The van der Waals surface area contributed by atoms with Crippen molar-refractivity contribution in [2.24, 2.45) is 0 Å². The molecule has 0 bridgehead atoms. The van der Waals surface area contributed by atoms with E-state index in [2.05, 4.69) is 4.90 Å². The van der Waals surface area contributed by atoms with Gasteiger partial charge < -0.3 is 4.74 Å². The number of nitrogens with zero attached hydrogens (tertiary/aromatic N) is 2. The maximum absolute atomic E-state index is 11.9. The number of ether oxygens (including phenoxy) is 1. The van der Waals surface area contributed by atoms with E-state index in [1.807, 2.05) is 0 Å². The summed E-state index contributed by atoms with van der Waals surface area (Å²) in [5.41, 5.74) is 0. The van der Waals surface area contributed by atoms with Gasteiger partial charge in [-0.3, -0.25) is 4.90 Å². The van der Waals surface area contributed by atoms with E-state index in [0.29, 0.717) is 19.1 Å². The Morgan fingerprint density at radius 1 is 1.24 bits per heavy atom. The van der Waals surface area contributed by atoms with E-state index in [1.165, 1.54) is 0 Å². The number of halogens is 1. The predicted molar refractivity (Wildman–Crippen MR) is 66.9 cm³/mol. The van der Waals surface area contributed by atoms with Gasteiger partial charge in [0.1, 0.15) is 0 Å². The SMILES string of the molecule is O=S(=O)(CCCl)N1CCC(N2CCOCC2)C1. The van der Waals surface area contributed by atoms with Crippen molar-refractivity contribution in [3.63, 3.8) is 0 Å². The highest BCUT2D eigenvalue weighted by Gasteiger charge is 2.34. The Morgan fingerprint density at radius 2 is 1.94 bits per heavy atom. The average molecular weight is 283 g/mol. The first kappa shape index (κ1) is 13.5. The van der Waals surface area contributed by atoms with Crippen LogP contribution in [0.15, 0.2) is 0 Å². The second kappa shape index (κ2) is 5.84. The summed E-state index contributed by atoms with van der Waals surface area (Å²) < 4.78 is 30.6. The van der Waals surface area contributed by atoms with Gasteiger partial charge in [0.25, 0.3) is 0 Å². The minimum atomic E-state index is -3.14. The Balaban J connectivity index is 1.90. The topological polar surface area (TPSA) is 49.9 Å². The first-order valence-corrected chi connectivity index (χ1v) is 8.13. The van der Waals surface area contributed by atoms with Crippen LogP contribution < -0.4 is 0 Å². The Kier molecular flexibility index (Phi) is 4.65. The number of sulfonamides is 1. The molecule has 0 aromatic rings. The van der Waals surface area contributed by atoms with Crippen molar-refractivity contribution in [2.75, 3.05) is 51.0 Å². The molecule has 0 saturated carbocycles. The third-order valence-electron chi connectivity index (χ3n) is 3.42. The van der Waals surface area contributed by atoms with Crippen LogP contribution in [-0.2, 0) is 14.8 Å². The molecule has 0 aliphatic carbocycles. The lowest BCUT2D eigenvalue weighted by Crippen LogP contribution is -2.45. The molecule has 2 aliphatic rings. The summed E-state index contributed by atoms with van der Waals surface area (Å²) in [5, 5.41) is 0. The molecule has 2 rings (SSSR count). The van der Waals surface area contributed by atoms with Gasteiger partial charge in [-0.1, -0.05) is 0 Å². The molecule has 0 spiro atoms. The summed E-state index contributed by atoms with van der Waals surface area (Å²) in [6, 6.07) is 0.351. The molecule has 2 fully saturated rings. The molecule has 1 unspecified atom stereocenters. The summed E-state index contributed by atoms with van der Waals surface area (Å²) >= 11 is 5.52. The zero-order chi connectivity index (χ0) is 12.3. The van der Waals surface area contributed by atoms with E-state index in [-0.39, 0.29) is 11.6 Å². The second-order valence-corrected chi connectivity index (χ2v) is 6.92. The number of morpholine rings is 1. The van der Waals surface area contributed by atoms with Gasteiger partial charge in [-0.25, -0.2) is 12.7 Å². The molecule has 0 amide bonds. The third kappa shape index (κ3) is 3.32. The Hall–Kier alpha value is 0.120. The zero-order valence-corrected chi connectivity index (χ0v) is 11.4. The highest BCUT2D eigenvalue weighted by atomic mass is 35.5. The maximum Gasteiger partial charge on any atom is 0.215 e. The van der Waals surface area contributed by atoms with E-state index in [0.717, 1.165) is 32.7 Å². The van der Waals surface area contributed by atoms with Gasteiger partial charge in [0.05, 0.1) is 19.0 Å². The first-order chi connectivity index (χ1) is 8.13. The maximum atomic E-state index is 11.9. The smallest absolute Gasteiger partial charge is 0.215 e. The molecule has 1 atom stereocenters. The van der Waals surface area contributed by atoms with E-state index in [1.54, 1.807) is 4.31 Å². The van der Waals surface area contributed by atoms with E-state index >= 15 is 0 Å². The van der Waals surface area contributed by atoms with Crippen molar-refractivity contribution in [1.82, 2.24) is 9.21 Å². The van der Waals surface area contributed by atoms with Crippen LogP contribution in [0.4, 0.5) is 0 Å². The minimum Gasteiger partial charge on any atom is -0.379 e. The van der Waals surface area contributed by atoms with Crippen LogP contribution in [0.3, 0.4) is 0 Å². The number of alkyl halides is 1. The van der Waals surface area contributed by atoms with Gasteiger partial charge in [-0.15, -0.1) is 11.6 Å². The lowest BCUT2D eigenvalue weighted by molar-refractivity contribution is 0.0197. The normalized spacial score (nSPS) is 28.6. The average Bonchev–Trinajstić information content (AvgIpc) is 2.80. The molecule has 5 nitrogen and oxygen atoms in total. The van der Waals surface area contributed by atoms with Crippen LogP contribution in [0, 0.1) is 0 Å². The molecule has 0 N–H and O–H groups in total. The molecule has 2 heterocycles. The number of hydrogen-bond donors (Lipinski definition) is 0. The van der Waals surface area contributed by atoms with Crippen LogP contribution in [0.1, 0.15) is 6.42 Å². The minimum absolute atomic E-state index is 0.0460. The van der Waals surface area contributed by atoms with Crippen LogP contribution in [-0.4, -0.2) is 74.7 Å².